The molecule has 0 atom stereocenters. The lowest BCUT2D eigenvalue weighted by molar-refractivity contribution is 0.0696. The average Bonchev–Trinajstić information content (AvgIpc) is 2.89. The van der Waals surface area contributed by atoms with E-state index in [2.05, 4.69) is 80.9 Å². The van der Waals surface area contributed by atoms with Crippen molar-refractivity contribution in [2.24, 2.45) is 0 Å². The SMILES string of the molecule is CN(C)c1ccc(CN(C)c2cc(C(=O)/C=C/c3ccc(C(=O)O)cc3)cc3c2C(C)(C)CCC3(C)C)cc1. The number of ketones is 1. The molecule has 0 saturated heterocycles. The molecule has 0 fully saturated rings. The standard InChI is InChI=1S/C34H40N2O3/c1-33(2)18-19-34(3,4)31-28(33)20-26(30(37)17-12-23-8-13-25(14-9-23)32(38)39)21-29(31)36(7)22-24-10-15-27(16-11-24)35(5)6/h8-17,20-21H,18-19,22H2,1-7H3,(H,38,39)/b17-12+. The van der Waals surface area contributed by atoms with Gasteiger partial charge in [-0.25, -0.2) is 4.79 Å². The Morgan fingerprint density at radius 2 is 1.46 bits per heavy atom. The number of carbonyl (C=O) groups excluding carboxylic acids is 1. The third kappa shape index (κ3) is 6.08. The molecule has 0 unspecified atom stereocenters. The van der Waals surface area contributed by atoms with Crippen molar-refractivity contribution >= 4 is 29.2 Å². The molecule has 4 rings (SSSR count). The Balaban J connectivity index is 1.72. The van der Waals surface area contributed by atoms with Crippen LogP contribution in [-0.4, -0.2) is 38.0 Å². The van der Waals surface area contributed by atoms with Crippen LogP contribution in [0.4, 0.5) is 11.4 Å². The highest BCUT2D eigenvalue weighted by Crippen LogP contribution is 2.50. The maximum atomic E-state index is 13.5. The molecule has 3 aromatic carbocycles. The van der Waals surface area contributed by atoms with Crippen molar-refractivity contribution in [1.29, 1.82) is 0 Å². The molecule has 0 radical (unpaired) electrons. The van der Waals surface area contributed by atoms with Gasteiger partial charge in [0.1, 0.15) is 0 Å². The summed E-state index contributed by atoms with van der Waals surface area (Å²) in [7, 11) is 6.19. The highest BCUT2D eigenvalue weighted by molar-refractivity contribution is 6.07. The van der Waals surface area contributed by atoms with E-state index in [0.717, 1.165) is 30.6 Å². The van der Waals surface area contributed by atoms with Gasteiger partial charge in [-0.1, -0.05) is 58.0 Å². The molecule has 1 aliphatic carbocycles. The molecule has 0 amide bonds. The van der Waals surface area contributed by atoms with Crippen molar-refractivity contribution in [3.8, 4) is 0 Å². The van der Waals surface area contributed by atoms with Crippen molar-refractivity contribution < 1.29 is 14.7 Å². The molecule has 204 valence electrons. The summed E-state index contributed by atoms with van der Waals surface area (Å²) in [4.78, 5) is 29.0. The van der Waals surface area contributed by atoms with Crippen molar-refractivity contribution in [2.45, 2.75) is 57.9 Å². The monoisotopic (exact) mass is 524 g/mol. The Kier molecular flexibility index (Phi) is 7.74. The fourth-order valence-corrected chi connectivity index (χ4v) is 5.46. The maximum Gasteiger partial charge on any atom is 0.335 e. The summed E-state index contributed by atoms with van der Waals surface area (Å²) in [6, 6.07) is 19.3. The van der Waals surface area contributed by atoms with Gasteiger partial charge in [-0.05, 0) is 88.4 Å². The number of allylic oxidation sites excluding steroid dienone is 1. The Morgan fingerprint density at radius 1 is 0.846 bits per heavy atom. The predicted molar refractivity (Wildman–Crippen MR) is 161 cm³/mol. The summed E-state index contributed by atoms with van der Waals surface area (Å²) >= 11 is 0. The van der Waals surface area contributed by atoms with Gasteiger partial charge in [-0.2, -0.15) is 0 Å². The van der Waals surface area contributed by atoms with E-state index in [1.165, 1.54) is 22.4 Å². The minimum absolute atomic E-state index is 0.00741. The van der Waals surface area contributed by atoms with Crippen molar-refractivity contribution in [1.82, 2.24) is 0 Å². The van der Waals surface area contributed by atoms with Crippen LogP contribution in [0.2, 0.25) is 0 Å². The Morgan fingerprint density at radius 3 is 2.05 bits per heavy atom. The topological polar surface area (TPSA) is 60.9 Å². The summed E-state index contributed by atoms with van der Waals surface area (Å²) in [5.41, 5.74) is 7.68. The van der Waals surface area contributed by atoms with E-state index >= 15 is 0 Å². The summed E-state index contributed by atoms with van der Waals surface area (Å²) in [6.45, 7) is 9.91. The molecule has 0 spiro atoms. The van der Waals surface area contributed by atoms with Crippen LogP contribution >= 0.6 is 0 Å². The first-order chi connectivity index (χ1) is 18.3. The molecular formula is C34H40N2O3. The fourth-order valence-electron chi connectivity index (χ4n) is 5.46. The molecule has 0 bridgehead atoms. The molecule has 0 aliphatic heterocycles. The highest BCUT2D eigenvalue weighted by Gasteiger charge is 2.40. The minimum Gasteiger partial charge on any atom is -0.478 e. The van der Waals surface area contributed by atoms with Gasteiger partial charge in [0, 0.05) is 44.6 Å². The van der Waals surface area contributed by atoms with E-state index in [9.17, 15) is 9.59 Å². The van der Waals surface area contributed by atoms with Crippen LogP contribution in [0.1, 0.15) is 83.5 Å². The Bertz CT molecular complexity index is 1400. The van der Waals surface area contributed by atoms with Crippen LogP contribution in [0.3, 0.4) is 0 Å². The molecule has 39 heavy (non-hydrogen) atoms. The van der Waals surface area contributed by atoms with Gasteiger partial charge in [-0.3, -0.25) is 4.79 Å². The van der Waals surface area contributed by atoms with Crippen molar-refractivity contribution in [3.05, 3.63) is 100 Å². The number of carboxylic acid groups (broad SMARTS) is 1. The number of anilines is 2. The zero-order chi connectivity index (χ0) is 28.5. The maximum absolute atomic E-state index is 13.5. The summed E-state index contributed by atoms with van der Waals surface area (Å²) in [6.07, 6.45) is 5.48. The second-order valence-corrected chi connectivity index (χ2v) is 12.2. The van der Waals surface area contributed by atoms with Gasteiger partial charge < -0.3 is 14.9 Å². The predicted octanol–water partition coefficient (Wildman–Crippen LogP) is 7.33. The van der Waals surface area contributed by atoms with Gasteiger partial charge in [0.25, 0.3) is 0 Å². The largest absolute Gasteiger partial charge is 0.478 e. The average molecular weight is 525 g/mol. The first kappa shape index (κ1) is 28.2. The Labute approximate surface area is 232 Å². The quantitative estimate of drug-likeness (QED) is 0.247. The third-order valence-corrected chi connectivity index (χ3v) is 8.05. The van der Waals surface area contributed by atoms with Gasteiger partial charge in [0.15, 0.2) is 5.78 Å². The van der Waals surface area contributed by atoms with Crippen LogP contribution in [0.15, 0.2) is 66.7 Å². The number of fused-ring (bicyclic) bond motifs is 1. The zero-order valence-corrected chi connectivity index (χ0v) is 24.2. The van der Waals surface area contributed by atoms with Crippen LogP contribution < -0.4 is 9.80 Å². The minimum atomic E-state index is -0.966. The van der Waals surface area contributed by atoms with E-state index in [0.29, 0.717) is 5.56 Å². The molecule has 5 nitrogen and oxygen atoms in total. The summed E-state index contributed by atoms with van der Waals surface area (Å²) in [5.74, 6) is -1.03. The number of benzene rings is 3. The highest BCUT2D eigenvalue weighted by atomic mass is 16.4. The van der Waals surface area contributed by atoms with Crippen molar-refractivity contribution in [3.63, 3.8) is 0 Å². The number of hydrogen-bond donors (Lipinski definition) is 1. The van der Waals surface area contributed by atoms with E-state index in [4.69, 9.17) is 5.11 Å². The second kappa shape index (κ2) is 10.7. The van der Waals surface area contributed by atoms with E-state index in [1.807, 2.05) is 14.1 Å². The van der Waals surface area contributed by atoms with E-state index in [1.54, 1.807) is 36.4 Å². The van der Waals surface area contributed by atoms with Crippen LogP contribution in [0.5, 0.6) is 0 Å². The van der Waals surface area contributed by atoms with Crippen LogP contribution in [0.25, 0.3) is 6.08 Å². The molecular weight excluding hydrogens is 484 g/mol. The lowest BCUT2D eigenvalue weighted by Gasteiger charge is -2.44. The molecule has 1 N–H and O–H groups in total. The lowest BCUT2D eigenvalue weighted by Crippen LogP contribution is -2.36. The van der Waals surface area contributed by atoms with Gasteiger partial charge >= 0.3 is 5.97 Å². The zero-order valence-electron chi connectivity index (χ0n) is 24.2. The van der Waals surface area contributed by atoms with Crippen molar-refractivity contribution in [2.75, 3.05) is 30.9 Å². The smallest absolute Gasteiger partial charge is 0.335 e. The molecule has 0 saturated carbocycles. The fraction of sp³-hybridized carbons (Fsp3) is 0.353. The number of nitrogens with zero attached hydrogens (tertiary/aromatic N) is 2. The first-order valence-electron chi connectivity index (χ1n) is 13.5. The Hall–Kier alpha value is -3.86. The number of carboxylic acids is 1. The van der Waals surface area contributed by atoms with Crippen LogP contribution in [-0.2, 0) is 17.4 Å². The molecule has 3 aromatic rings. The third-order valence-electron chi connectivity index (χ3n) is 8.05. The lowest BCUT2D eigenvalue weighted by atomic mass is 9.62. The molecule has 5 heteroatoms. The molecule has 0 aromatic heterocycles. The number of aromatic carboxylic acids is 1. The second-order valence-electron chi connectivity index (χ2n) is 12.2. The number of rotatable bonds is 8. The number of carbonyl (C=O) groups is 2. The molecule has 0 heterocycles. The number of hydrogen-bond acceptors (Lipinski definition) is 4. The van der Waals surface area contributed by atoms with E-state index < -0.39 is 5.97 Å². The van der Waals surface area contributed by atoms with Gasteiger partial charge in [-0.15, -0.1) is 0 Å². The van der Waals surface area contributed by atoms with Gasteiger partial charge in [0.05, 0.1) is 5.56 Å². The summed E-state index contributed by atoms with van der Waals surface area (Å²) in [5, 5.41) is 9.14. The summed E-state index contributed by atoms with van der Waals surface area (Å²) < 4.78 is 0. The van der Waals surface area contributed by atoms with Crippen LogP contribution in [0, 0.1) is 0 Å². The van der Waals surface area contributed by atoms with Gasteiger partial charge in [0.2, 0.25) is 0 Å². The van der Waals surface area contributed by atoms with E-state index in [-0.39, 0.29) is 22.2 Å². The first-order valence-corrected chi connectivity index (χ1v) is 13.5. The normalized spacial score (nSPS) is 15.6. The molecule has 1 aliphatic rings.